The zero-order valence-electron chi connectivity index (χ0n) is 7.90. The van der Waals surface area contributed by atoms with Gasteiger partial charge in [-0.3, -0.25) is 0 Å². The van der Waals surface area contributed by atoms with E-state index >= 15 is 0 Å². The summed E-state index contributed by atoms with van der Waals surface area (Å²) in [6.07, 6.45) is 0. The third kappa shape index (κ3) is 6.60. The Balaban J connectivity index is 3.70. The maximum absolute atomic E-state index is 5.62. The summed E-state index contributed by atoms with van der Waals surface area (Å²) < 4.78 is 0. The molecule has 0 aliphatic rings. The topological polar surface area (TPSA) is 18.5 Å². The quantitative estimate of drug-likeness (QED) is 0.378. The molecule has 68 valence electrons. The summed E-state index contributed by atoms with van der Waals surface area (Å²) in [6.45, 7) is 9.55. The van der Waals surface area contributed by atoms with Crippen LogP contribution in [0.2, 0.25) is 0 Å². The molecule has 0 aromatic rings. The van der Waals surface area contributed by atoms with Crippen LogP contribution in [0.3, 0.4) is 0 Å². The molecule has 0 radical (unpaired) electrons. The van der Waals surface area contributed by atoms with E-state index < -0.39 is 5.60 Å². The molecule has 0 fully saturated rings. The van der Waals surface area contributed by atoms with Gasteiger partial charge in [0.25, 0.3) is 0 Å². The molecular weight excluding hydrogens is 164 g/mol. The maximum atomic E-state index is 5.62. The average molecular weight is 181 g/mol. The monoisotopic (exact) mass is 180 g/mol. The summed E-state index contributed by atoms with van der Waals surface area (Å²) in [5, 5.41) is 0. The Morgan fingerprint density at radius 3 is 1.73 bits per heavy atom. The Labute approximate surface area is 73.8 Å². The SMILES string of the molecule is CC(C)(C)OOC(C)(C)CCl. The Morgan fingerprint density at radius 1 is 1.00 bits per heavy atom. The first-order valence-electron chi connectivity index (χ1n) is 3.70. The zero-order chi connectivity index (χ0) is 9.12. The van der Waals surface area contributed by atoms with Gasteiger partial charge < -0.3 is 0 Å². The van der Waals surface area contributed by atoms with Crippen LogP contribution in [-0.2, 0) is 9.78 Å². The number of halogens is 1. The Kier molecular flexibility index (Phi) is 3.82. The summed E-state index contributed by atoms with van der Waals surface area (Å²) in [6, 6.07) is 0. The molecule has 0 unspecified atom stereocenters. The van der Waals surface area contributed by atoms with Crippen LogP contribution in [0.15, 0.2) is 0 Å². The molecule has 0 saturated carbocycles. The summed E-state index contributed by atoms with van der Waals surface area (Å²) >= 11 is 5.62. The molecule has 0 aromatic carbocycles. The number of rotatable bonds is 3. The first-order valence-corrected chi connectivity index (χ1v) is 4.23. The van der Waals surface area contributed by atoms with E-state index in [1.54, 1.807) is 0 Å². The maximum Gasteiger partial charge on any atom is 0.111 e. The molecule has 0 bridgehead atoms. The van der Waals surface area contributed by atoms with Crippen molar-refractivity contribution >= 4 is 11.6 Å². The van der Waals surface area contributed by atoms with Crippen LogP contribution in [0.1, 0.15) is 34.6 Å². The number of hydrogen-bond donors (Lipinski definition) is 0. The van der Waals surface area contributed by atoms with Crippen LogP contribution in [-0.4, -0.2) is 17.1 Å². The molecule has 3 heteroatoms. The van der Waals surface area contributed by atoms with Crippen LogP contribution in [0.25, 0.3) is 0 Å². The lowest BCUT2D eigenvalue weighted by atomic mass is 10.2. The minimum Gasteiger partial charge on any atom is -0.230 e. The molecule has 11 heavy (non-hydrogen) atoms. The van der Waals surface area contributed by atoms with Gasteiger partial charge in [-0.2, -0.15) is 0 Å². The lowest BCUT2D eigenvalue weighted by Crippen LogP contribution is -2.31. The standard InChI is InChI=1S/C8H17ClO2/c1-7(2,3)10-11-8(4,5)6-9/h6H2,1-5H3. The molecule has 0 saturated heterocycles. The molecule has 0 N–H and O–H groups in total. The molecular formula is C8H17ClO2. The van der Waals surface area contributed by atoms with Crippen molar-refractivity contribution in [2.75, 3.05) is 5.88 Å². The second-order valence-corrected chi connectivity index (χ2v) is 4.44. The molecule has 0 aliphatic carbocycles. The molecule has 0 amide bonds. The summed E-state index contributed by atoms with van der Waals surface area (Å²) in [5.74, 6) is 0.420. The lowest BCUT2D eigenvalue weighted by molar-refractivity contribution is -0.392. The molecule has 0 aliphatic heterocycles. The highest BCUT2D eigenvalue weighted by Gasteiger charge is 2.22. The van der Waals surface area contributed by atoms with Gasteiger partial charge >= 0.3 is 0 Å². The summed E-state index contributed by atoms with van der Waals surface area (Å²) in [5.41, 5.74) is -0.682. The van der Waals surface area contributed by atoms with Gasteiger partial charge in [-0.25, -0.2) is 9.78 Å². The smallest absolute Gasteiger partial charge is 0.111 e. The second kappa shape index (κ2) is 3.74. The highest BCUT2D eigenvalue weighted by molar-refractivity contribution is 6.18. The predicted molar refractivity (Wildman–Crippen MR) is 46.7 cm³/mol. The van der Waals surface area contributed by atoms with E-state index in [1.165, 1.54) is 0 Å². The van der Waals surface area contributed by atoms with Gasteiger partial charge in [-0.05, 0) is 34.6 Å². The minimum absolute atomic E-state index is 0.274. The summed E-state index contributed by atoms with van der Waals surface area (Å²) in [4.78, 5) is 10.2. The molecule has 2 nitrogen and oxygen atoms in total. The van der Waals surface area contributed by atoms with Gasteiger partial charge in [0.1, 0.15) is 5.60 Å². The van der Waals surface area contributed by atoms with E-state index in [2.05, 4.69) is 0 Å². The fourth-order valence-corrected chi connectivity index (χ4v) is 0.305. The van der Waals surface area contributed by atoms with Gasteiger partial charge in [-0.15, -0.1) is 11.6 Å². The number of hydrogen-bond acceptors (Lipinski definition) is 2. The van der Waals surface area contributed by atoms with E-state index in [9.17, 15) is 0 Å². The van der Waals surface area contributed by atoms with Gasteiger partial charge in [0.05, 0.1) is 11.5 Å². The van der Waals surface area contributed by atoms with Crippen LogP contribution >= 0.6 is 11.6 Å². The van der Waals surface area contributed by atoms with Crippen molar-refractivity contribution < 1.29 is 9.78 Å². The highest BCUT2D eigenvalue weighted by atomic mass is 35.5. The molecule has 0 atom stereocenters. The van der Waals surface area contributed by atoms with Gasteiger partial charge in [-0.1, -0.05) is 0 Å². The average Bonchev–Trinajstić information content (AvgIpc) is 1.83. The van der Waals surface area contributed by atoms with E-state index in [0.717, 1.165) is 0 Å². The van der Waals surface area contributed by atoms with Gasteiger partial charge in [0.2, 0.25) is 0 Å². The fourth-order valence-electron chi connectivity index (χ4n) is 0.260. The van der Waals surface area contributed by atoms with Gasteiger partial charge in [0.15, 0.2) is 0 Å². The van der Waals surface area contributed by atoms with Crippen LogP contribution < -0.4 is 0 Å². The highest BCUT2D eigenvalue weighted by Crippen LogP contribution is 2.16. The van der Waals surface area contributed by atoms with Crippen molar-refractivity contribution in [1.29, 1.82) is 0 Å². The minimum atomic E-state index is -0.408. The predicted octanol–water partition coefficient (Wildman–Crippen LogP) is 2.75. The Morgan fingerprint density at radius 2 is 1.45 bits per heavy atom. The summed E-state index contributed by atoms with van der Waals surface area (Å²) in [7, 11) is 0. The van der Waals surface area contributed by atoms with Crippen molar-refractivity contribution in [1.82, 2.24) is 0 Å². The molecule has 0 rings (SSSR count). The third-order valence-electron chi connectivity index (χ3n) is 0.839. The third-order valence-corrected chi connectivity index (χ3v) is 1.48. The van der Waals surface area contributed by atoms with Crippen LogP contribution in [0, 0.1) is 0 Å². The first kappa shape index (κ1) is 11.2. The largest absolute Gasteiger partial charge is 0.230 e. The van der Waals surface area contributed by atoms with Crippen molar-refractivity contribution in [3.05, 3.63) is 0 Å². The lowest BCUT2D eigenvalue weighted by Gasteiger charge is -2.26. The second-order valence-electron chi connectivity index (χ2n) is 4.17. The van der Waals surface area contributed by atoms with E-state index in [0.29, 0.717) is 5.88 Å². The Bertz CT molecular complexity index is 116. The van der Waals surface area contributed by atoms with Gasteiger partial charge in [0, 0.05) is 0 Å². The number of alkyl halides is 1. The van der Waals surface area contributed by atoms with Crippen molar-refractivity contribution in [3.8, 4) is 0 Å². The normalized spacial score (nSPS) is 13.6. The van der Waals surface area contributed by atoms with Crippen molar-refractivity contribution in [2.24, 2.45) is 0 Å². The van der Waals surface area contributed by atoms with Crippen molar-refractivity contribution in [3.63, 3.8) is 0 Å². The van der Waals surface area contributed by atoms with E-state index in [1.807, 2.05) is 34.6 Å². The van der Waals surface area contributed by atoms with Crippen molar-refractivity contribution in [2.45, 2.75) is 45.8 Å². The first-order chi connectivity index (χ1) is 4.77. The molecule has 0 heterocycles. The zero-order valence-corrected chi connectivity index (χ0v) is 8.66. The molecule has 0 aromatic heterocycles. The fraction of sp³-hybridized carbons (Fsp3) is 1.00. The van der Waals surface area contributed by atoms with E-state index in [-0.39, 0.29) is 5.60 Å². The van der Waals surface area contributed by atoms with Crippen LogP contribution in [0.5, 0.6) is 0 Å². The molecule has 0 spiro atoms. The van der Waals surface area contributed by atoms with E-state index in [4.69, 9.17) is 21.4 Å². The van der Waals surface area contributed by atoms with Crippen LogP contribution in [0.4, 0.5) is 0 Å². The Hall–Kier alpha value is 0.210.